The van der Waals surface area contributed by atoms with Gasteiger partial charge in [0.25, 0.3) is 0 Å². The molecule has 4 aliphatic rings. The highest BCUT2D eigenvalue weighted by molar-refractivity contribution is 6.08. The van der Waals surface area contributed by atoms with Gasteiger partial charge in [-0.05, 0) is 43.1 Å². The zero-order valence-electron chi connectivity index (χ0n) is 23.6. The number of carbonyl (C=O) groups excluding carboxylic acids is 4. The van der Waals surface area contributed by atoms with Crippen molar-refractivity contribution in [3.63, 3.8) is 0 Å². The van der Waals surface area contributed by atoms with Gasteiger partial charge >= 0.3 is 5.97 Å². The summed E-state index contributed by atoms with van der Waals surface area (Å²) in [4.78, 5) is 64.8. The van der Waals surface area contributed by atoms with Gasteiger partial charge in [0.1, 0.15) is 23.5 Å². The largest absolute Gasteiger partial charge is 0.481 e. The fraction of sp³-hybridized carbons (Fsp3) is 0.767. The van der Waals surface area contributed by atoms with Gasteiger partial charge < -0.3 is 15.3 Å². The van der Waals surface area contributed by atoms with Gasteiger partial charge in [0.15, 0.2) is 5.78 Å². The van der Waals surface area contributed by atoms with Crippen molar-refractivity contribution in [3.05, 3.63) is 11.1 Å². The number of hydrogen-bond acceptors (Lipinski definition) is 7. The van der Waals surface area contributed by atoms with Crippen LogP contribution in [-0.2, 0) is 24.0 Å². The number of aliphatic hydroxyl groups excluding tert-OH is 2. The number of hydrogen-bond donors (Lipinski definition) is 3. The lowest BCUT2D eigenvalue weighted by molar-refractivity contribution is -0.158. The van der Waals surface area contributed by atoms with Crippen LogP contribution in [0.3, 0.4) is 0 Å². The van der Waals surface area contributed by atoms with E-state index in [1.807, 2.05) is 27.7 Å². The SMILES string of the molecule is CC(CC(=O)C[C@H](C)[C@@H]1CC(=O)[C@]2(C)C3=C(C(=O)C(O)[C@@]12C)[C@]1(C)CCC(=O)C(C)(C)[C@H]1C[C@H]3O)C(=O)O. The first-order valence-corrected chi connectivity index (χ1v) is 13.8. The molecule has 8 nitrogen and oxygen atoms in total. The summed E-state index contributed by atoms with van der Waals surface area (Å²) in [7, 11) is 0. The number of carboxylic acid groups (broad SMARTS) is 1. The maximum Gasteiger partial charge on any atom is 0.306 e. The molecule has 8 heteroatoms. The molecule has 0 aromatic carbocycles. The number of rotatable bonds is 6. The molecular weight excluding hydrogens is 488 g/mol. The Morgan fingerprint density at radius 1 is 0.974 bits per heavy atom. The Morgan fingerprint density at radius 3 is 2.16 bits per heavy atom. The molecule has 0 aliphatic heterocycles. The van der Waals surface area contributed by atoms with E-state index in [1.54, 1.807) is 13.8 Å². The molecule has 3 N–H and O–H groups in total. The standard InChI is InChI=1S/C30H42O8/c1-14(10-16(31)11-15(2)26(37)38)17-12-21(34)30(7)22-18(32)13-19-27(3,4)20(33)8-9-28(19,5)23(22)24(35)25(36)29(17,30)6/h14-15,17-19,25,32,36H,8-13H2,1-7H3,(H,37,38)/t14-,15?,17-,18+,19+,25?,28+,29+,30+/m0/s1. The van der Waals surface area contributed by atoms with E-state index in [1.165, 1.54) is 6.92 Å². The van der Waals surface area contributed by atoms with E-state index in [0.717, 1.165) is 0 Å². The molecule has 0 spiro atoms. The maximum atomic E-state index is 14.1. The van der Waals surface area contributed by atoms with Crippen molar-refractivity contribution in [2.45, 2.75) is 99.2 Å². The van der Waals surface area contributed by atoms with Crippen LogP contribution in [0.5, 0.6) is 0 Å². The Balaban J connectivity index is 1.80. The lowest BCUT2D eigenvalue weighted by Gasteiger charge is -2.61. The third-order valence-corrected chi connectivity index (χ3v) is 11.5. The summed E-state index contributed by atoms with van der Waals surface area (Å²) in [6.45, 7) is 12.4. The molecule has 0 aromatic heterocycles. The van der Waals surface area contributed by atoms with E-state index in [9.17, 15) is 39.3 Å². The summed E-state index contributed by atoms with van der Waals surface area (Å²) in [5.74, 6) is -3.91. The Morgan fingerprint density at radius 2 is 1.58 bits per heavy atom. The number of aliphatic carboxylic acids is 1. The fourth-order valence-electron chi connectivity index (χ4n) is 8.95. The maximum absolute atomic E-state index is 14.1. The molecule has 2 saturated carbocycles. The minimum absolute atomic E-state index is 0.0344. The van der Waals surface area contributed by atoms with E-state index in [4.69, 9.17) is 0 Å². The average molecular weight is 531 g/mol. The second kappa shape index (κ2) is 8.91. The van der Waals surface area contributed by atoms with Crippen LogP contribution in [0.15, 0.2) is 11.1 Å². The van der Waals surface area contributed by atoms with Crippen LogP contribution in [-0.4, -0.2) is 56.6 Å². The minimum Gasteiger partial charge on any atom is -0.481 e. The van der Waals surface area contributed by atoms with Crippen molar-refractivity contribution < 1.29 is 39.3 Å². The van der Waals surface area contributed by atoms with Gasteiger partial charge in [0.2, 0.25) is 0 Å². The first kappa shape index (κ1) is 28.8. The number of Topliss-reactive ketones (excluding diaryl/α,β-unsaturated/α-hetero) is 4. The zero-order chi connectivity index (χ0) is 28.7. The van der Waals surface area contributed by atoms with E-state index < -0.39 is 57.5 Å². The molecule has 0 bridgehead atoms. The van der Waals surface area contributed by atoms with Crippen LogP contribution < -0.4 is 0 Å². The quantitative estimate of drug-likeness (QED) is 0.474. The molecular formula is C30H42O8. The predicted octanol–water partition coefficient (Wildman–Crippen LogP) is 3.31. The van der Waals surface area contributed by atoms with Gasteiger partial charge in [-0.2, -0.15) is 0 Å². The number of carbonyl (C=O) groups is 5. The molecule has 0 aromatic rings. The number of aliphatic hydroxyl groups is 2. The van der Waals surface area contributed by atoms with E-state index >= 15 is 0 Å². The summed E-state index contributed by atoms with van der Waals surface area (Å²) in [6, 6.07) is 0. The van der Waals surface area contributed by atoms with Crippen LogP contribution in [0, 0.1) is 45.3 Å². The monoisotopic (exact) mass is 530 g/mol. The number of ketones is 4. The van der Waals surface area contributed by atoms with Crippen LogP contribution in [0.4, 0.5) is 0 Å². The van der Waals surface area contributed by atoms with E-state index in [-0.39, 0.29) is 61.3 Å². The third kappa shape index (κ3) is 3.58. The molecule has 0 amide bonds. The molecule has 0 heterocycles. The van der Waals surface area contributed by atoms with Crippen LogP contribution in [0.1, 0.15) is 87.0 Å². The zero-order valence-corrected chi connectivity index (χ0v) is 23.6. The molecule has 4 aliphatic carbocycles. The highest BCUT2D eigenvalue weighted by atomic mass is 16.4. The normalized spacial score (nSPS) is 41.8. The number of carboxylic acids is 1. The summed E-state index contributed by atoms with van der Waals surface area (Å²) >= 11 is 0. The molecule has 4 rings (SSSR count). The molecule has 2 unspecified atom stereocenters. The minimum atomic E-state index is -1.51. The molecule has 0 saturated heterocycles. The lowest BCUT2D eigenvalue weighted by Crippen LogP contribution is -2.64. The highest BCUT2D eigenvalue weighted by Crippen LogP contribution is 2.70. The van der Waals surface area contributed by atoms with E-state index in [0.29, 0.717) is 17.6 Å². The Labute approximate surface area is 224 Å². The smallest absolute Gasteiger partial charge is 0.306 e. The van der Waals surface area contributed by atoms with E-state index in [2.05, 4.69) is 0 Å². The second-order valence-electron chi connectivity index (χ2n) is 13.7. The summed E-state index contributed by atoms with van der Waals surface area (Å²) in [6.07, 6.45) is -1.71. The summed E-state index contributed by atoms with van der Waals surface area (Å²) < 4.78 is 0. The average Bonchev–Trinajstić information content (AvgIpc) is 3.03. The molecule has 2 fully saturated rings. The Hall–Kier alpha value is -2.19. The number of fused-ring (bicyclic) bond motifs is 4. The third-order valence-electron chi connectivity index (χ3n) is 11.5. The van der Waals surface area contributed by atoms with Gasteiger partial charge in [0.05, 0.1) is 17.4 Å². The van der Waals surface area contributed by atoms with Crippen molar-refractivity contribution >= 4 is 29.1 Å². The summed E-state index contributed by atoms with van der Waals surface area (Å²) in [5, 5.41) is 32.5. The first-order valence-electron chi connectivity index (χ1n) is 13.8. The van der Waals surface area contributed by atoms with Crippen LogP contribution in [0.25, 0.3) is 0 Å². The van der Waals surface area contributed by atoms with Gasteiger partial charge in [-0.3, -0.25) is 24.0 Å². The van der Waals surface area contributed by atoms with Gasteiger partial charge in [-0.15, -0.1) is 0 Å². The van der Waals surface area contributed by atoms with Crippen LogP contribution in [0.2, 0.25) is 0 Å². The lowest BCUT2D eigenvalue weighted by atomic mass is 9.42. The first-order chi connectivity index (χ1) is 17.4. The Bertz CT molecular complexity index is 1150. The molecule has 38 heavy (non-hydrogen) atoms. The molecule has 9 atom stereocenters. The Kier molecular flexibility index (Phi) is 6.76. The van der Waals surface area contributed by atoms with Crippen molar-refractivity contribution in [3.8, 4) is 0 Å². The van der Waals surface area contributed by atoms with Crippen molar-refractivity contribution in [1.82, 2.24) is 0 Å². The van der Waals surface area contributed by atoms with Gasteiger partial charge in [-0.1, -0.05) is 41.5 Å². The van der Waals surface area contributed by atoms with Crippen molar-refractivity contribution in [1.29, 1.82) is 0 Å². The molecule has 210 valence electrons. The summed E-state index contributed by atoms with van der Waals surface area (Å²) in [5.41, 5.74) is -3.37. The highest BCUT2D eigenvalue weighted by Gasteiger charge is 2.73. The molecule has 0 radical (unpaired) electrons. The second-order valence-corrected chi connectivity index (χ2v) is 13.7. The van der Waals surface area contributed by atoms with Crippen LogP contribution >= 0.6 is 0 Å². The topological polar surface area (TPSA) is 146 Å². The fourth-order valence-corrected chi connectivity index (χ4v) is 8.95. The van der Waals surface area contributed by atoms with Crippen molar-refractivity contribution in [2.75, 3.05) is 0 Å². The van der Waals surface area contributed by atoms with Gasteiger partial charge in [-0.25, -0.2) is 0 Å². The predicted molar refractivity (Wildman–Crippen MR) is 138 cm³/mol. The van der Waals surface area contributed by atoms with Gasteiger partial charge in [0, 0.05) is 47.5 Å². The van der Waals surface area contributed by atoms with Crippen molar-refractivity contribution in [2.24, 2.45) is 45.3 Å².